The number of ether oxygens (including phenoxy) is 1. The van der Waals surface area contributed by atoms with Crippen LogP contribution >= 0.6 is 0 Å². The second kappa shape index (κ2) is 4.72. The number of methoxy groups -OCH3 is 1. The van der Waals surface area contributed by atoms with E-state index in [1.165, 1.54) is 18.4 Å². The smallest absolute Gasteiger partial charge is 0.228 e. The molecule has 4 rings (SSSR count). The van der Waals surface area contributed by atoms with Gasteiger partial charge in [0, 0.05) is 30.8 Å². The number of anilines is 1. The molecule has 0 unspecified atom stereocenters. The summed E-state index contributed by atoms with van der Waals surface area (Å²) in [4.78, 5) is 11.0. The summed E-state index contributed by atoms with van der Waals surface area (Å²) >= 11 is 0. The van der Waals surface area contributed by atoms with Crippen LogP contribution < -0.4 is 9.64 Å². The Labute approximate surface area is 124 Å². The van der Waals surface area contributed by atoms with E-state index in [1.807, 2.05) is 0 Å². The van der Waals surface area contributed by atoms with Crippen LogP contribution in [0.15, 0.2) is 42.6 Å². The molecular formula is C17H19N3O. The van der Waals surface area contributed by atoms with Crippen molar-refractivity contribution in [1.82, 2.24) is 9.97 Å². The Morgan fingerprint density at radius 1 is 1.14 bits per heavy atom. The minimum absolute atomic E-state index is 0.493. The molecule has 4 heteroatoms. The predicted octanol–water partition coefficient (Wildman–Crippen LogP) is 2.87. The summed E-state index contributed by atoms with van der Waals surface area (Å²) in [5.74, 6) is 2.17. The first kappa shape index (κ1) is 12.6. The Morgan fingerprint density at radius 2 is 1.90 bits per heavy atom. The predicted molar refractivity (Wildman–Crippen MR) is 81.6 cm³/mol. The molecule has 0 bridgehead atoms. The van der Waals surface area contributed by atoms with E-state index in [0.717, 1.165) is 25.0 Å². The molecule has 1 aliphatic carbocycles. The lowest BCUT2D eigenvalue weighted by atomic mass is 9.56. The number of hydrogen-bond donors (Lipinski definition) is 0. The first-order valence-corrected chi connectivity index (χ1v) is 7.45. The Morgan fingerprint density at radius 3 is 2.62 bits per heavy atom. The Kier molecular flexibility index (Phi) is 2.84. The SMILES string of the molecule is COc1ccnc(N2CC3(CC(c4ccccc4)C3)C2)n1. The van der Waals surface area contributed by atoms with Gasteiger partial charge in [0.15, 0.2) is 0 Å². The second-order valence-electron chi connectivity index (χ2n) is 6.27. The highest BCUT2D eigenvalue weighted by Crippen LogP contribution is 2.56. The number of benzene rings is 1. The summed E-state index contributed by atoms with van der Waals surface area (Å²) in [6.45, 7) is 2.15. The average Bonchev–Trinajstić information content (AvgIpc) is 2.46. The third-order valence-electron chi connectivity index (χ3n) is 4.79. The molecule has 2 fully saturated rings. The highest BCUT2D eigenvalue weighted by molar-refractivity contribution is 5.40. The van der Waals surface area contributed by atoms with Gasteiger partial charge in [-0.2, -0.15) is 4.98 Å². The van der Waals surface area contributed by atoms with E-state index in [4.69, 9.17) is 4.74 Å². The van der Waals surface area contributed by atoms with Crippen LogP contribution in [0.5, 0.6) is 5.88 Å². The highest BCUT2D eigenvalue weighted by atomic mass is 16.5. The molecule has 1 saturated heterocycles. The van der Waals surface area contributed by atoms with Gasteiger partial charge in [-0.3, -0.25) is 0 Å². The summed E-state index contributed by atoms with van der Waals surface area (Å²) in [5, 5.41) is 0. The zero-order chi connectivity index (χ0) is 14.3. The van der Waals surface area contributed by atoms with Crippen molar-refractivity contribution in [3.8, 4) is 5.88 Å². The van der Waals surface area contributed by atoms with Crippen LogP contribution in [0.1, 0.15) is 24.3 Å². The number of aromatic nitrogens is 2. The first-order chi connectivity index (χ1) is 10.3. The topological polar surface area (TPSA) is 38.2 Å². The Bertz CT molecular complexity index is 629. The molecule has 0 amide bonds. The van der Waals surface area contributed by atoms with E-state index in [2.05, 4.69) is 45.2 Å². The number of rotatable bonds is 3. The van der Waals surface area contributed by atoms with Gasteiger partial charge in [0.2, 0.25) is 11.8 Å². The molecule has 2 aromatic rings. The van der Waals surface area contributed by atoms with Crippen molar-refractivity contribution in [3.05, 3.63) is 48.2 Å². The molecular weight excluding hydrogens is 262 g/mol. The van der Waals surface area contributed by atoms with E-state index in [1.54, 1.807) is 19.4 Å². The standard InChI is InChI=1S/C17H19N3O/c1-21-15-7-8-18-16(19-15)20-11-17(12-20)9-14(10-17)13-5-3-2-4-6-13/h2-8,14H,9-12H2,1H3. The molecule has 0 N–H and O–H groups in total. The highest BCUT2D eigenvalue weighted by Gasteiger charge is 2.53. The maximum atomic E-state index is 5.16. The fraction of sp³-hybridized carbons (Fsp3) is 0.412. The van der Waals surface area contributed by atoms with Crippen LogP contribution in [-0.4, -0.2) is 30.2 Å². The summed E-state index contributed by atoms with van der Waals surface area (Å²) in [5.41, 5.74) is 1.98. The quantitative estimate of drug-likeness (QED) is 0.867. The van der Waals surface area contributed by atoms with Gasteiger partial charge in [-0.1, -0.05) is 30.3 Å². The van der Waals surface area contributed by atoms with Crippen LogP contribution in [0.4, 0.5) is 5.95 Å². The zero-order valence-electron chi connectivity index (χ0n) is 12.2. The molecule has 0 atom stereocenters. The number of nitrogens with zero attached hydrogens (tertiary/aromatic N) is 3. The summed E-state index contributed by atoms with van der Waals surface area (Å²) < 4.78 is 5.16. The zero-order valence-corrected chi connectivity index (χ0v) is 12.2. The first-order valence-electron chi connectivity index (χ1n) is 7.45. The lowest BCUT2D eigenvalue weighted by Crippen LogP contribution is -2.62. The minimum Gasteiger partial charge on any atom is -0.481 e. The van der Waals surface area contributed by atoms with E-state index in [-0.39, 0.29) is 0 Å². The second-order valence-corrected chi connectivity index (χ2v) is 6.27. The number of hydrogen-bond acceptors (Lipinski definition) is 4. The van der Waals surface area contributed by atoms with Crippen molar-refractivity contribution in [2.45, 2.75) is 18.8 Å². The monoisotopic (exact) mass is 281 g/mol. The van der Waals surface area contributed by atoms with Gasteiger partial charge in [-0.15, -0.1) is 0 Å². The molecule has 1 saturated carbocycles. The van der Waals surface area contributed by atoms with Gasteiger partial charge in [0.25, 0.3) is 0 Å². The molecule has 21 heavy (non-hydrogen) atoms. The van der Waals surface area contributed by atoms with Crippen molar-refractivity contribution < 1.29 is 4.74 Å². The lowest BCUT2D eigenvalue weighted by molar-refractivity contribution is 0.0619. The van der Waals surface area contributed by atoms with E-state index in [0.29, 0.717) is 11.3 Å². The lowest BCUT2D eigenvalue weighted by Gasteiger charge is -2.59. The van der Waals surface area contributed by atoms with Crippen molar-refractivity contribution in [3.63, 3.8) is 0 Å². The summed E-state index contributed by atoms with van der Waals surface area (Å²) in [7, 11) is 1.64. The molecule has 2 aliphatic rings. The molecule has 4 nitrogen and oxygen atoms in total. The molecule has 2 heterocycles. The molecule has 1 aliphatic heterocycles. The minimum atomic E-state index is 0.493. The molecule has 1 aromatic carbocycles. The fourth-order valence-electron chi connectivity index (χ4n) is 3.71. The van der Waals surface area contributed by atoms with Gasteiger partial charge in [-0.05, 0) is 24.3 Å². The largest absolute Gasteiger partial charge is 0.481 e. The van der Waals surface area contributed by atoms with Gasteiger partial charge in [0.05, 0.1) is 7.11 Å². The summed E-state index contributed by atoms with van der Waals surface area (Å²) in [6.07, 6.45) is 4.34. The normalized spacial score (nSPS) is 20.0. The van der Waals surface area contributed by atoms with Crippen LogP contribution in [0.3, 0.4) is 0 Å². The fourth-order valence-corrected chi connectivity index (χ4v) is 3.71. The third-order valence-corrected chi connectivity index (χ3v) is 4.79. The van der Waals surface area contributed by atoms with Crippen molar-refractivity contribution in [1.29, 1.82) is 0 Å². The van der Waals surface area contributed by atoms with Crippen molar-refractivity contribution >= 4 is 5.95 Å². The molecule has 0 radical (unpaired) electrons. The molecule has 108 valence electrons. The third kappa shape index (κ3) is 2.15. The summed E-state index contributed by atoms with van der Waals surface area (Å²) in [6, 6.07) is 12.6. The maximum absolute atomic E-state index is 5.16. The van der Waals surface area contributed by atoms with Crippen molar-refractivity contribution in [2.24, 2.45) is 5.41 Å². The van der Waals surface area contributed by atoms with Gasteiger partial charge >= 0.3 is 0 Å². The van der Waals surface area contributed by atoms with Gasteiger partial charge < -0.3 is 9.64 Å². The van der Waals surface area contributed by atoms with Crippen LogP contribution in [-0.2, 0) is 0 Å². The van der Waals surface area contributed by atoms with Crippen molar-refractivity contribution in [2.75, 3.05) is 25.1 Å². The van der Waals surface area contributed by atoms with Crippen LogP contribution in [0, 0.1) is 5.41 Å². The maximum Gasteiger partial charge on any atom is 0.228 e. The molecule has 1 aromatic heterocycles. The molecule has 1 spiro atoms. The van der Waals surface area contributed by atoms with Crippen LogP contribution in [0.2, 0.25) is 0 Å². The van der Waals surface area contributed by atoms with Crippen LogP contribution in [0.25, 0.3) is 0 Å². The van der Waals surface area contributed by atoms with Gasteiger partial charge in [-0.25, -0.2) is 4.98 Å². The van der Waals surface area contributed by atoms with E-state index in [9.17, 15) is 0 Å². The van der Waals surface area contributed by atoms with Gasteiger partial charge in [0.1, 0.15) is 0 Å². The average molecular weight is 281 g/mol. The van der Waals surface area contributed by atoms with E-state index < -0.39 is 0 Å². The Hall–Kier alpha value is -2.10. The Balaban J connectivity index is 1.38. The van der Waals surface area contributed by atoms with E-state index >= 15 is 0 Å².